The van der Waals surface area contributed by atoms with E-state index in [1.807, 2.05) is 6.92 Å². The highest BCUT2D eigenvalue weighted by atomic mass is 32.2. The lowest BCUT2D eigenvalue weighted by Crippen LogP contribution is -2.33. The quantitative estimate of drug-likeness (QED) is 0.815. The predicted molar refractivity (Wildman–Crippen MR) is 83.7 cm³/mol. The zero-order valence-electron chi connectivity index (χ0n) is 12.9. The number of hydrogen-bond donors (Lipinski definition) is 1. The topological polar surface area (TPSA) is 89.7 Å². The number of benzene rings is 1. The summed E-state index contributed by atoms with van der Waals surface area (Å²) in [6.07, 6.45) is 0.791. The molecule has 2 atom stereocenters. The van der Waals surface area contributed by atoms with Gasteiger partial charge in [0.15, 0.2) is 0 Å². The summed E-state index contributed by atoms with van der Waals surface area (Å²) < 4.78 is 31.1. The second kappa shape index (κ2) is 6.76. The molecule has 1 fully saturated rings. The van der Waals surface area contributed by atoms with E-state index in [-0.39, 0.29) is 17.7 Å². The van der Waals surface area contributed by atoms with Crippen LogP contribution in [0.15, 0.2) is 24.3 Å². The number of hydrogen-bond acceptors (Lipinski definition) is 5. The van der Waals surface area contributed by atoms with Crippen molar-refractivity contribution in [3.63, 3.8) is 0 Å². The summed E-state index contributed by atoms with van der Waals surface area (Å²) in [5.41, 5.74) is 6.78. The van der Waals surface area contributed by atoms with Gasteiger partial charge >= 0.3 is 5.97 Å². The third-order valence-electron chi connectivity index (χ3n) is 4.02. The Labute approximate surface area is 131 Å². The van der Waals surface area contributed by atoms with E-state index in [9.17, 15) is 13.2 Å². The van der Waals surface area contributed by atoms with Gasteiger partial charge in [0.25, 0.3) is 0 Å². The molecular weight excluding hydrogens is 304 g/mol. The van der Waals surface area contributed by atoms with Crippen molar-refractivity contribution in [2.45, 2.75) is 25.1 Å². The fraction of sp³-hybridized carbons (Fsp3) is 0.533. The number of ether oxygens (including phenoxy) is 1. The number of rotatable bonds is 5. The van der Waals surface area contributed by atoms with E-state index in [0.29, 0.717) is 24.2 Å². The molecule has 2 rings (SSSR count). The van der Waals surface area contributed by atoms with Gasteiger partial charge in [-0.15, -0.1) is 0 Å². The van der Waals surface area contributed by atoms with E-state index in [0.717, 1.165) is 6.42 Å². The number of methoxy groups -OCH3 is 1. The molecule has 1 heterocycles. The van der Waals surface area contributed by atoms with Crippen molar-refractivity contribution in [1.29, 1.82) is 0 Å². The Bertz CT molecular complexity index is 643. The second-order valence-electron chi connectivity index (χ2n) is 5.71. The molecule has 1 aliphatic heterocycles. The summed E-state index contributed by atoms with van der Waals surface area (Å²) in [7, 11) is -2.11. The summed E-state index contributed by atoms with van der Waals surface area (Å²) in [4.78, 5) is 11.5. The molecule has 0 aliphatic carbocycles. The second-order valence-corrected chi connectivity index (χ2v) is 7.68. The molecule has 1 saturated heterocycles. The Hall–Kier alpha value is -1.44. The fourth-order valence-corrected chi connectivity index (χ4v) is 4.23. The van der Waals surface area contributed by atoms with Gasteiger partial charge in [-0.05, 0) is 37.0 Å². The van der Waals surface area contributed by atoms with Crippen LogP contribution in [0, 0.1) is 5.92 Å². The van der Waals surface area contributed by atoms with Gasteiger partial charge in [0.2, 0.25) is 10.0 Å². The number of carbonyl (C=O) groups excluding carboxylic acids is 1. The van der Waals surface area contributed by atoms with E-state index in [4.69, 9.17) is 5.73 Å². The van der Waals surface area contributed by atoms with Crippen LogP contribution in [0.25, 0.3) is 0 Å². The van der Waals surface area contributed by atoms with Gasteiger partial charge in [-0.25, -0.2) is 17.5 Å². The first-order chi connectivity index (χ1) is 10.3. The molecule has 7 heteroatoms. The third-order valence-corrected chi connectivity index (χ3v) is 5.84. The molecule has 0 aromatic heterocycles. The van der Waals surface area contributed by atoms with Gasteiger partial charge in [0.05, 0.1) is 18.4 Å². The highest BCUT2D eigenvalue weighted by Gasteiger charge is 2.32. The molecule has 0 amide bonds. The smallest absolute Gasteiger partial charge is 0.337 e. The molecule has 122 valence electrons. The lowest BCUT2D eigenvalue weighted by atomic mass is 10.0. The van der Waals surface area contributed by atoms with Crippen LogP contribution in [0.4, 0.5) is 0 Å². The molecule has 6 nitrogen and oxygen atoms in total. The van der Waals surface area contributed by atoms with E-state index in [1.54, 1.807) is 24.3 Å². The molecular formula is C15H22N2O4S. The van der Waals surface area contributed by atoms with Crippen LogP contribution in [0.2, 0.25) is 0 Å². The summed E-state index contributed by atoms with van der Waals surface area (Å²) in [6, 6.07) is 6.50. The molecule has 0 bridgehead atoms. The maximum Gasteiger partial charge on any atom is 0.337 e. The molecule has 0 spiro atoms. The molecule has 1 aliphatic rings. The lowest BCUT2D eigenvalue weighted by molar-refractivity contribution is 0.0600. The predicted octanol–water partition coefficient (Wildman–Crippen LogP) is 0.972. The summed E-state index contributed by atoms with van der Waals surface area (Å²) in [6.45, 7) is 2.88. The van der Waals surface area contributed by atoms with Crippen molar-refractivity contribution in [2.75, 3.05) is 20.2 Å². The first-order valence-electron chi connectivity index (χ1n) is 7.24. The van der Waals surface area contributed by atoms with Crippen molar-refractivity contribution >= 4 is 16.0 Å². The van der Waals surface area contributed by atoms with E-state index in [2.05, 4.69) is 4.74 Å². The first kappa shape index (κ1) is 16.9. The number of esters is 1. The average Bonchev–Trinajstić information content (AvgIpc) is 2.97. The van der Waals surface area contributed by atoms with Gasteiger partial charge in [0, 0.05) is 19.1 Å². The number of sulfonamides is 1. The van der Waals surface area contributed by atoms with Gasteiger partial charge in [-0.1, -0.05) is 12.1 Å². The number of carbonyl (C=O) groups is 1. The largest absolute Gasteiger partial charge is 0.465 e. The van der Waals surface area contributed by atoms with Gasteiger partial charge in [-0.2, -0.15) is 0 Å². The van der Waals surface area contributed by atoms with E-state index < -0.39 is 16.0 Å². The standard InChI is InChI=1S/C15H22N2O4S/c1-11(16)14-6-7-17(9-14)22(19,20)10-12-4-3-5-13(8-12)15(18)21-2/h3-5,8,11,14H,6-7,9-10,16H2,1-2H3. The Kier molecular flexibility index (Phi) is 5.20. The van der Waals surface area contributed by atoms with E-state index in [1.165, 1.54) is 11.4 Å². The minimum atomic E-state index is -3.40. The van der Waals surface area contributed by atoms with Gasteiger partial charge in [-0.3, -0.25) is 0 Å². The van der Waals surface area contributed by atoms with Crippen LogP contribution in [0.1, 0.15) is 29.3 Å². The normalized spacial score (nSPS) is 20.8. The summed E-state index contributed by atoms with van der Waals surface area (Å²) >= 11 is 0. The first-order valence-corrected chi connectivity index (χ1v) is 8.85. The monoisotopic (exact) mass is 326 g/mol. The molecule has 2 unspecified atom stereocenters. The molecule has 0 saturated carbocycles. The highest BCUT2D eigenvalue weighted by Crippen LogP contribution is 2.23. The number of nitrogens with zero attached hydrogens (tertiary/aromatic N) is 1. The van der Waals surface area contributed by atoms with Crippen molar-refractivity contribution < 1.29 is 17.9 Å². The maximum atomic E-state index is 12.5. The average molecular weight is 326 g/mol. The molecule has 1 aromatic rings. The Morgan fingerprint density at radius 1 is 1.50 bits per heavy atom. The summed E-state index contributed by atoms with van der Waals surface area (Å²) in [5, 5.41) is 0. The molecule has 1 aromatic carbocycles. The summed E-state index contributed by atoms with van der Waals surface area (Å²) in [5.74, 6) is -0.391. The van der Waals surface area contributed by atoms with Crippen LogP contribution in [-0.4, -0.2) is 44.9 Å². The van der Waals surface area contributed by atoms with Crippen LogP contribution in [0.3, 0.4) is 0 Å². The van der Waals surface area contributed by atoms with Crippen LogP contribution >= 0.6 is 0 Å². The Morgan fingerprint density at radius 3 is 2.82 bits per heavy atom. The zero-order chi connectivity index (χ0) is 16.3. The third kappa shape index (κ3) is 3.85. The Balaban J connectivity index is 2.11. The van der Waals surface area contributed by atoms with Gasteiger partial charge < -0.3 is 10.5 Å². The molecule has 0 radical (unpaired) electrons. The van der Waals surface area contributed by atoms with Crippen molar-refractivity contribution in [2.24, 2.45) is 11.7 Å². The van der Waals surface area contributed by atoms with Crippen LogP contribution in [-0.2, 0) is 20.5 Å². The molecule has 22 heavy (non-hydrogen) atoms. The highest BCUT2D eigenvalue weighted by molar-refractivity contribution is 7.88. The minimum Gasteiger partial charge on any atom is -0.465 e. The van der Waals surface area contributed by atoms with Crippen molar-refractivity contribution in [1.82, 2.24) is 4.31 Å². The SMILES string of the molecule is COC(=O)c1cccc(CS(=O)(=O)N2CCC(C(C)N)C2)c1. The van der Waals surface area contributed by atoms with Crippen molar-refractivity contribution in [3.8, 4) is 0 Å². The number of nitrogens with two attached hydrogens (primary N) is 1. The fourth-order valence-electron chi connectivity index (χ4n) is 2.64. The van der Waals surface area contributed by atoms with Gasteiger partial charge in [0.1, 0.15) is 0 Å². The Morgan fingerprint density at radius 2 is 2.23 bits per heavy atom. The maximum absolute atomic E-state index is 12.5. The van der Waals surface area contributed by atoms with Crippen LogP contribution in [0.5, 0.6) is 0 Å². The molecule has 2 N–H and O–H groups in total. The zero-order valence-corrected chi connectivity index (χ0v) is 13.7. The van der Waals surface area contributed by atoms with Crippen LogP contribution < -0.4 is 5.73 Å². The van der Waals surface area contributed by atoms with Crippen molar-refractivity contribution in [3.05, 3.63) is 35.4 Å². The minimum absolute atomic E-state index is 0.0112. The van der Waals surface area contributed by atoms with E-state index >= 15 is 0 Å². The lowest BCUT2D eigenvalue weighted by Gasteiger charge is -2.18.